The van der Waals surface area contributed by atoms with Gasteiger partial charge in [0.05, 0.1) is 6.20 Å². The minimum atomic E-state index is -0.309. The molecule has 0 spiro atoms. The molecule has 0 atom stereocenters. The molecule has 7 heteroatoms. The van der Waals surface area contributed by atoms with Gasteiger partial charge in [0, 0.05) is 19.5 Å². The molecule has 18 heavy (non-hydrogen) atoms. The zero-order valence-corrected chi connectivity index (χ0v) is 11.1. The summed E-state index contributed by atoms with van der Waals surface area (Å²) in [5, 5.41) is 6.58. The zero-order chi connectivity index (χ0) is 13.4. The molecular weight excluding hydrogens is 254 g/mol. The Morgan fingerprint density at radius 3 is 2.89 bits per heavy atom. The minimum Gasteiger partial charge on any atom is -0.370 e. The fourth-order valence-electron chi connectivity index (χ4n) is 1.28. The third kappa shape index (κ3) is 5.18. The molecule has 0 aliphatic heterocycles. The Kier molecular flexibility index (Phi) is 6.21. The van der Waals surface area contributed by atoms with Gasteiger partial charge in [-0.15, -0.1) is 0 Å². The van der Waals surface area contributed by atoms with E-state index in [1.165, 1.54) is 0 Å². The Bertz CT molecular complexity index is 399. The fourth-order valence-corrected chi connectivity index (χ4v) is 1.44. The Labute approximate surface area is 111 Å². The van der Waals surface area contributed by atoms with E-state index >= 15 is 0 Å². The molecule has 1 heterocycles. The topological polar surface area (TPSA) is 92.9 Å². The van der Waals surface area contributed by atoms with Gasteiger partial charge >= 0.3 is 0 Å². The van der Waals surface area contributed by atoms with Gasteiger partial charge in [-0.1, -0.05) is 18.5 Å². The van der Waals surface area contributed by atoms with E-state index in [9.17, 15) is 4.79 Å². The van der Waals surface area contributed by atoms with E-state index in [4.69, 9.17) is 17.3 Å². The van der Waals surface area contributed by atoms with Crippen molar-refractivity contribution in [3.63, 3.8) is 0 Å². The van der Waals surface area contributed by atoms with Crippen molar-refractivity contribution in [2.75, 3.05) is 23.7 Å². The lowest BCUT2D eigenvalue weighted by Gasteiger charge is -2.09. The summed E-state index contributed by atoms with van der Waals surface area (Å²) in [4.78, 5) is 18.9. The number of hydrogen-bond acceptors (Lipinski definition) is 5. The standard InChI is InChI=1S/C11H18ClN5O/c1-2-5-15-11-16-7-8(12)10(17-11)14-6-3-4-9(13)18/h7H,2-6H2,1H3,(H2,13,18)(H2,14,15,16,17). The van der Waals surface area contributed by atoms with Gasteiger partial charge in [0.2, 0.25) is 11.9 Å². The third-order valence-corrected chi connectivity index (χ3v) is 2.45. The summed E-state index contributed by atoms with van der Waals surface area (Å²) in [6.45, 7) is 3.46. The van der Waals surface area contributed by atoms with Gasteiger partial charge in [0.15, 0.2) is 0 Å². The Hall–Kier alpha value is -1.56. The van der Waals surface area contributed by atoms with Gasteiger partial charge in [0.25, 0.3) is 0 Å². The molecule has 0 saturated carbocycles. The van der Waals surface area contributed by atoms with E-state index in [-0.39, 0.29) is 5.91 Å². The van der Waals surface area contributed by atoms with Crippen LogP contribution in [0.3, 0.4) is 0 Å². The number of nitrogens with zero attached hydrogens (tertiary/aromatic N) is 2. The predicted molar refractivity (Wildman–Crippen MR) is 72.7 cm³/mol. The molecule has 0 aliphatic carbocycles. The van der Waals surface area contributed by atoms with Gasteiger partial charge in [-0.2, -0.15) is 4.98 Å². The molecule has 0 bridgehead atoms. The second-order valence-electron chi connectivity index (χ2n) is 3.81. The molecular formula is C11H18ClN5O. The lowest BCUT2D eigenvalue weighted by Crippen LogP contribution is -2.13. The highest BCUT2D eigenvalue weighted by Crippen LogP contribution is 2.19. The minimum absolute atomic E-state index is 0.309. The van der Waals surface area contributed by atoms with Gasteiger partial charge in [-0.25, -0.2) is 4.98 Å². The Morgan fingerprint density at radius 2 is 2.22 bits per heavy atom. The van der Waals surface area contributed by atoms with Gasteiger partial charge < -0.3 is 16.4 Å². The van der Waals surface area contributed by atoms with Gasteiger partial charge in [0.1, 0.15) is 10.8 Å². The summed E-state index contributed by atoms with van der Waals surface area (Å²) < 4.78 is 0. The van der Waals surface area contributed by atoms with E-state index in [0.717, 1.165) is 13.0 Å². The number of nitrogens with two attached hydrogens (primary N) is 1. The normalized spacial score (nSPS) is 10.1. The van der Waals surface area contributed by atoms with Crippen LogP contribution in [0.4, 0.5) is 11.8 Å². The number of rotatable bonds is 8. The number of aromatic nitrogens is 2. The number of primary amides is 1. The van der Waals surface area contributed by atoms with Crippen LogP contribution in [0.5, 0.6) is 0 Å². The van der Waals surface area contributed by atoms with Crippen LogP contribution >= 0.6 is 11.6 Å². The fraction of sp³-hybridized carbons (Fsp3) is 0.545. The number of anilines is 2. The van der Waals surface area contributed by atoms with Crippen LogP contribution in [0.15, 0.2) is 6.20 Å². The van der Waals surface area contributed by atoms with Crippen molar-refractivity contribution in [3.8, 4) is 0 Å². The van der Waals surface area contributed by atoms with Crippen LogP contribution in [0.2, 0.25) is 5.02 Å². The van der Waals surface area contributed by atoms with Crippen molar-refractivity contribution < 1.29 is 4.79 Å². The zero-order valence-electron chi connectivity index (χ0n) is 10.4. The number of carbonyl (C=O) groups excluding carboxylic acids is 1. The third-order valence-electron chi connectivity index (χ3n) is 2.17. The second kappa shape index (κ2) is 7.71. The monoisotopic (exact) mass is 271 g/mol. The number of halogens is 1. The molecule has 0 aromatic carbocycles. The summed E-state index contributed by atoms with van der Waals surface area (Å²) in [6, 6.07) is 0. The highest BCUT2D eigenvalue weighted by Gasteiger charge is 2.04. The summed E-state index contributed by atoms with van der Waals surface area (Å²) in [5.74, 6) is 0.796. The van der Waals surface area contributed by atoms with Crippen molar-refractivity contribution in [3.05, 3.63) is 11.2 Å². The molecule has 1 aromatic rings. The quantitative estimate of drug-likeness (QED) is 0.625. The van der Waals surface area contributed by atoms with Crippen LogP contribution in [0.1, 0.15) is 26.2 Å². The first-order valence-electron chi connectivity index (χ1n) is 5.92. The largest absolute Gasteiger partial charge is 0.370 e. The molecule has 0 saturated heterocycles. The van der Waals surface area contributed by atoms with Crippen LogP contribution in [-0.2, 0) is 4.79 Å². The molecule has 100 valence electrons. The van der Waals surface area contributed by atoms with E-state index in [1.54, 1.807) is 6.20 Å². The highest BCUT2D eigenvalue weighted by atomic mass is 35.5. The first kappa shape index (κ1) is 14.5. The van der Waals surface area contributed by atoms with Crippen LogP contribution in [0.25, 0.3) is 0 Å². The summed E-state index contributed by atoms with van der Waals surface area (Å²) >= 11 is 5.96. The maximum Gasteiger partial charge on any atom is 0.224 e. The Balaban J connectivity index is 2.49. The Morgan fingerprint density at radius 1 is 1.44 bits per heavy atom. The van der Waals surface area contributed by atoms with Gasteiger partial charge in [-0.05, 0) is 12.8 Å². The molecule has 6 nitrogen and oxygen atoms in total. The van der Waals surface area contributed by atoms with Crippen LogP contribution < -0.4 is 16.4 Å². The van der Waals surface area contributed by atoms with Crippen molar-refractivity contribution in [2.45, 2.75) is 26.2 Å². The molecule has 0 radical (unpaired) electrons. The average Bonchev–Trinajstić information content (AvgIpc) is 2.34. The number of carbonyl (C=O) groups is 1. The summed E-state index contributed by atoms with van der Waals surface area (Å²) in [7, 11) is 0. The molecule has 1 amide bonds. The average molecular weight is 272 g/mol. The van der Waals surface area contributed by atoms with E-state index in [1.807, 2.05) is 0 Å². The summed E-state index contributed by atoms with van der Waals surface area (Å²) in [5.41, 5.74) is 5.05. The molecule has 0 unspecified atom stereocenters. The van der Waals surface area contributed by atoms with E-state index in [0.29, 0.717) is 36.2 Å². The number of amides is 1. The maximum atomic E-state index is 10.6. The van der Waals surface area contributed by atoms with Crippen molar-refractivity contribution in [2.24, 2.45) is 5.73 Å². The van der Waals surface area contributed by atoms with Crippen molar-refractivity contribution >= 4 is 29.3 Å². The molecule has 4 N–H and O–H groups in total. The smallest absolute Gasteiger partial charge is 0.224 e. The first-order chi connectivity index (χ1) is 8.63. The molecule has 1 aromatic heterocycles. The second-order valence-corrected chi connectivity index (χ2v) is 4.22. The van der Waals surface area contributed by atoms with Crippen LogP contribution in [0, 0.1) is 0 Å². The van der Waals surface area contributed by atoms with E-state index in [2.05, 4.69) is 27.5 Å². The van der Waals surface area contributed by atoms with Crippen LogP contribution in [-0.4, -0.2) is 29.0 Å². The highest BCUT2D eigenvalue weighted by molar-refractivity contribution is 6.32. The predicted octanol–water partition coefficient (Wildman–Crippen LogP) is 1.63. The lowest BCUT2D eigenvalue weighted by molar-refractivity contribution is -0.118. The van der Waals surface area contributed by atoms with Crippen molar-refractivity contribution in [1.29, 1.82) is 0 Å². The number of hydrogen-bond donors (Lipinski definition) is 3. The molecule has 1 rings (SSSR count). The first-order valence-corrected chi connectivity index (χ1v) is 6.30. The van der Waals surface area contributed by atoms with Crippen molar-refractivity contribution in [1.82, 2.24) is 9.97 Å². The SMILES string of the molecule is CCCNc1ncc(Cl)c(NCCCC(N)=O)n1. The van der Waals surface area contributed by atoms with Gasteiger partial charge in [-0.3, -0.25) is 4.79 Å². The summed E-state index contributed by atoms with van der Waals surface area (Å²) in [6.07, 6.45) is 3.53. The number of nitrogens with one attached hydrogen (secondary N) is 2. The molecule has 0 aliphatic rings. The lowest BCUT2D eigenvalue weighted by atomic mass is 10.3. The maximum absolute atomic E-state index is 10.6. The van der Waals surface area contributed by atoms with E-state index < -0.39 is 0 Å². The molecule has 0 fully saturated rings.